The predicted molar refractivity (Wildman–Crippen MR) is 69.7 cm³/mol. The molecule has 1 fully saturated rings. The summed E-state index contributed by atoms with van der Waals surface area (Å²) in [4.78, 5) is 0. The highest BCUT2D eigenvalue weighted by Crippen LogP contribution is 2.20. The molecule has 2 N–H and O–H groups in total. The molecule has 1 aromatic carbocycles. The number of aliphatic hydroxyl groups excluding tert-OH is 1. The van der Waals surface area contributed by atoms with Crippen LogP contribution in [-0.4, -0.2) is 24.8 Å². The minimum Gasteiger partial charge on any atom is -0.384 e. The predicted octanol–water partition coefficient (Wildman–Crippen LogP) is 1.71. The van der Waals surface area contributed by atoms with Crippen LogP contribution in [0.25, 0.3) is 0 Å². The topological polar surface area (TPSA) is 32.3 Å². The lowest BCUT2D eigenvalue weighted by molar-refractivity contribution is 0.350. The number of halogens is 1. The van der Waals surface area contributed by atoms with Crippen LogP contribution in [-0.2, 0) is 6.42 Å². The second-order valence-corrected chi connectivity index (χ2v) is 4.66. The first-order valence-corrected chi connectivity index (χ1v) is 6.38. The Balaban J connectivity index is 2.04. The van der Waals surface area contributed by atoms with Gasteiger partial charge in [-0.05, 0) is 56.0 Å². The molecular formula is C15H18FNO. The van der Waals surface area contributed by atoms with Gasteiger partial charge in [-0.2, -0.15) is 0 Å². The molecule has 2 nitrogen and oxygen atoms in total. The van der Waals surface area contributed by atoms with Crippen LogP contribution < -0.4 is 5.32 Å². The quantitative estimate of drug-likeness (QED) is 0.780. The van der Waals surface area contributed by atoms with Crippen LogP contribution in [0.15, 0.2) is 18.2 Å². The molecule has 1 aliphatic heterocycles. The smallest absolute Gasteiger partial charge is 0.127 e. The van der Waals surface area contributed by atoms with Crippen molar-refractivity contribution in [2.24, 2.45) is 5.92 Å². The van der Waals surface area contributed by atoms with Crippen LogP contribution in [0.1, 0.15) is 24.0 Å². The molecule has 0 unspecified atom stereocenters. The van der Waals surface area contributed by atoms with Crippen molar-refractivity contribution in [3.05, 3.63) is 35.1 Å². The second-order valence-electron chi connectivity index (χ2n) is 4.66. The van der Waals surface area contributed by atoms with Crippen molar-refractivity contribution in [3.63, 3.8) is 0 Å². The highest BCUT2D eigenvalue weighted by molar-refractivity contribution is 5.37. The van der Waals surface area contributed by atoms with Crippen molar-refractivity contribution in [3.8, 4) is 11.8 Å². The molecule has 0 atom stereocenters. The zero-order valence-corrected chi connectivity index (χ0v) is 10.4. The van der Waals surface area contributed by atoms with Gasteiger partial charge >= 0.3 is 0 Å². The Labute approximate surface area is 107 Å². The van der Waals surface area contributed by atoms with E-state index in [1.807, 2.05) is 12.1 Å². The Morgan fingerprint density at radius 2 is 2.11 bits per heavy atom. The molecule has 0 aliphatic carbocycles. The number of aliphatic hydroxyl groups is 1. The zero-order chi connectivity index (χ0) is 12.8. The third-order valence-corrected chi connectivity index (χ3v) is 3.33. The molecule has 3 heteroatoms. The number of benzene rings is 1. The van der Waals surface area contributed by atoms with Gasteiger partial charge in [0.15, 0.2) is 0 Å². The average molecular weight is 247 g/mol. The molecule has 18 heavy (non-hydrogen) atoms. The van der Waals surface area contributed by atoms with Crippen LogP contribution in [0.2, 0.25) is 0 Å². The summed E-state index contributed by atoms with van der Waals surface area (Å²) < 4.78 is 13.9. The van der Waals surface area contributed by atoms with Gasteiger partial charge in [0.1, 0.15) is 12.4 Å². The van der Waals surface area contributed by atoms with E-state index >= 15 is 0 Å². The van der Waals surface area contributed by atoms with Gasteiger partial charge in [0.05, 0.1) is 0 Å². The number of nitrogens with one attached hydrogen (secondary N) is 1. The first kappa shape index (κ1) is 13.1. The van der Waals surface area contributed by atoms with Crippen molar-refractivity contribution in [2.45, 2.75) is 19.3 Å². The highest BCUT2D eigenvalue weighted by atomic mass is 19.1. The second kappa shape index (κ2) is 6.53. The Bertz CT molecular complexity index is 455. The Kier molecular flexibility index (Phi) is 4.74. The van der Waals surface area contributed by atoms with Gasteiger partial charge in [-0.15, -0.1) is 0 Å². The average Bonchev–Trinajstić information content (AvgIpc) is 2.40. The van der Waals surface area contributed by atoms with E-state index in [1.54, 1.807) is 0 Å². The minimum atomic E-state index is -0.196. The van der Waals surface area contributed by atoms with Gasteiger partial charge in [0.25, 0.3) is 0 Å². The molecule has 1 heterocycles. The molecule has 2 rings (SSSR count). The monoisotopic (exact) mass is 247 g/mol. The van der Waals surface area contributed by atoms with E-state index in [0.29, 0.717) is 11.5 Å². The molecule has 1 aliphatic rings. The van der Waals surface area contributed by atoms with Gasteiger partial charge < -0.3 is 10.4 Å². The lowest BCUT2D eigenvalue weighted by Crippen LogP contribution is -2.28. The summed E-state index contributed by atoms with van der Waals surface area (Å²) >= 11 is 0. The molecule has 1 saturated heterocycles. The summed E-state index contributed by atoms with van der Waals surface area (Å²) in [6, 6.07) is 5.10. The van der Waals surface area contributed by atoms with Gasteiger partial charge in [-0.3, -0.25) is 0 Å². The van der Waals surface area contributed by atoms with E-state index in [9.17, 15) is 4.39 Å². The van der Waals surface area contributed by atoms with Crippen LogP contribution in [0.3, 0.4) is 0 Å². The van der Waals surface area contributed by atoms with Crippen molar-refractivity contribution in [1.29, 1.82) is 0 Å². The summed E-state index contributed by atoms with van der Waals surface area (Å²) in [5.41, 5.74) is 1.40. The van der Waals surface area contributed by atoms with E-state index in [-0.39, 0.29) is 12.4 Å². The largest absolute Gasteiger partial charge is 0.384 e. The van der Waals surface area contributed by atoms with Gasteiger partial charge in [-0.1, -0.05) is 17.9 Å². The Hall–Kier alpha value is -1.37. The maximum absolute atomic E-state index is 13.9. The number of piperidine rings is 1. The van der Waals surface area contributed by atoms with E-state index in [1.165, 1.54) is 6.07 Å². The minimum absolute atomic E-state index is 0.182. The van der Waals surface area contributed by atoms with E-state index in [2.05, 4.69) is 17.2 Å². The van der Waals surface area contributed by atoms with Crippen LogP contribution in [0.4, 0.5) is 4.39 Å². The zero-order valence-electron chi connectivity index (χ0n) is 10.4. The summed E-state index contributed by atoms with van der Waals surface area (Å²) in [6.07, 6.45) is 3.04. The number of rotatable bonds is 2. The normalized spacial score (nSPS) is 16.1. The van der Waals surface area contributed by atoms with Crippen LogP contribution in [0.5, 0.6) is 0 Å². The molecular weight excluding hydrogens is 229 g/mol. The SMILES string of the molecule is OCC#Cc1ccc(CC2CCNCC2)c(F)c1. The molecule has 0 spiro atoms. The third-order valence-electron chi connectivity index (χ3n) is 3.33. The molecule has 0 amide bonds. The first-order valence-electron chi connectivity index (χ1n) is 6.38. The molecule has 0 aromatic heterocycles. The standard InChI is InChI=1S/C15H18FNO/c16-15-11-12(2-1-9-18)3-4-14(15)10-13-5-7-17-8-6-13/h3-4,11,13,17-18H,5-10H2. The van der Waals surface area contributed by atoms with Gasteiger partial charge in [0.2, 0.25) is 0 Å². The Morgan fingerprint density at radius 3 is 2.78 bits per heavy atom. The lowest BCUT2D eigenvalue weighted by Gasteiger charge is -2.22. The van der Waals surface area contributed by atoms with Crippen molar-refractivity contribution >= 4 is 0 Å². The van der Waals surface area contributed by atoms with Crippen molar-refractivity contribution < 1.29 is 9.50 Å². The fourth-order valence-corrected chi connectivity index (χ4v) is 2.33. The van der Waals surface area contributed by atoms with E-state index in [0.717, 1.165) is 37.9 Å². The summed E-state index contributed by atoms with van der Waals surface area (Å²) in [5.74, 6) is 5.64. The Morgan fingerprint density at radius 1 is 1.33 bits per heavy atom. The fourth-order valence-electron chi connectivity index (χ4n) is 2.33. The van der Waals surface area contributed by atoms with Gasteiger partial charge in [-0.25, -0.2) is 4.39 Å². The molecule has 1 aromatic rings. The fraction of sp³-hybridized carbons (Fsp3) is 0.467. The van der Waals surface area contributed by atoms with Crippen molar-refractivity contribution in [1.82, 2.24) is 5.32 Å². The summed E-state index contributed by atoms with van der Waals surface area (Å²) in [6.45, 7) is 1.87. The summed E-state index contributed by atoms with van der Waals surface area (Å²) in [7, 11) is 0. The lowest BCUT2D eigenvalue weighted by atomic mass is 9.90. The number of hydrogen-bond donors (Lipinski definition) is 2. The highest BCUT2D eigenvalue weighted by Gasteiger charge is 2.15. The van der Waals surface area contributed by atoms with E-state index < -0.39 is 0 Å². The molecule has 0 saturated carbocycles. The molecule has 0 bridgehead atoms. The van der Waals surface area contributed by atoms with Gasteiger partial charge in [0, 0.05) is 5.56 Å². The summed E-state index contributed by atoms with van der Waals surface area (Å²) in [5, 5.41) is 11.9. The molecule has 96 valence electrons. The van der Waals surface area contributed by atoms with E-state index in [4.69, 9.17) is 5.11 Å². The molecule has 0 radical (unpaired) electrons. The maximum Gasteiger partial charge on any atom is 0.127 e. The van der Waals surface area contributed by atoms with Crippen LogP contribution in [0, 0.1) is 23.6 Å². The van der Waals surface area contributed by atoms with Crippen LogP contribution >= 0.6 is 0 Å². The third kappa shape index (κ3) is 3.56. The number of hydrogen-bond acceptors (Lipinski definition) is 2. The first-order chi connectivity index (χ1) is 8.79. The maximum atomic E-state index is 13.9. The van der Waals surface area contributed by atoms with Crippen molar-refractivity contribution in [2.75, 3.05) is 19.7 Å².